The van der Waals surface area contributed by atoms with Gasteiger partial charge in [0, 0.05) is 45.8 Å². The van der Waals surface area contributed by atoms with E-state index in [1.54, 1.807) is 11.9 Å². The van der Waals surface area contributed by atoms with Crippen molar-refractivity contribution < 1.29 is 14.3 Å². The average Bonchev–Trinajstić information content (AvgIpc) is 3.32. The zero-order chi connectivity index (χ0) is 19.0. The van der Waals surface area contributed by atoms with Crippen LogP contribution < -0.4 is 10.2 Å². The van der Waals surface area contributed by atoms with E-state index in [9.17, 15) is 9.59 Å². The molecule has 0 saturated carbocycles. The molecule has 2 aliphatic rings. The Morgan fingerprint density at radius 3 is 2.74 bits per heavy atom. The number of aryl methyl sites for hydroxylation is 1. The number of morpholine rings is 1. The van der Waals surface area contributed by atoms with Gasteiger partial charge in [-0.05, 0) is 24.6 Å². The molecule has 2 amide bonds. The minimum absolute atomic E-state index is 0.000584. The Kier molecular flexibility index (Phi) is 4.73. The van der Waals surface area contributed by atoms with Crippen LogP contribution in [0.5, 0.6) is 0 Å². The van der Waals surface area contributed by atoms with Gasteiger partial charge in [-0.15, -0.1) is 0 Å². The molecule has 0 radical (unpaired) electrons. The van der Waals surface area contributed by atoms with E-state index < -0.39 is 0 Å². The van der Waals surface area contributed by atoms with Crippen molar-refractivity contribution >= 4 is 28.8 Å². The van der Waals surface area contributed by atoms with E-state index in [0.717, 1.165) is 30.1 Å². The van der Waals surface area contributed by atoms with Crippen LogP contribution in [0.15, 0.2) is 18.2 Å². The molecular formula is C19H25N5O3. The number of carbonyl (C=O) groups is 2. The van der Waals surface area contributed by atoms with Crippen molar-refractivity contribution in [1.29, 1.82) is 0 Å². The number of aromatic nitrogens is 2. The van der Waals surface area contributed by atoms with Crippen molar-refractivity contribution in [3.05, 3.63) is 23.8 Å². The third-order valence-corrected chi connectivity index (χ3v) is 5.49. The quantitative estimate of drug-likeness (QED) is 0.856. The molecule has 1 N–H and O–H groups in total. The highest BCUT2D eigenvalue weighted by Gasteiger charge is 2.31. The number of likely N-dealkylation sites (tertiary alicyclic amines) is 1. The molecule has 27 heavy (non-hydrogen) atoms. The third kappa shape index (κ3) is 3.25. The lowest BCUT2D eigenvalue weighted by Gasteiger charge is -2.27. The number of amides is 2. The number of hydrogen-bond donors (Lipinski definition) is 1. The molecular weight excluding hydrogens is 346 g/mol. The highest BCUT2D eigenvalue weighted by atomic mass is 16.5. The third-order valence-electron chi connectivity index (χ3n) is 5.49. The standard InChI is InChI=1S/C19H25N5O3/c1-20-17(25)14-5-6-24(12-14)18(26)13-3-4-16-15(11-13)21-19(22(16)2)23-7-9-27-10-8-23/h3-4,11,14H,5-10,12H2,1-2H3,(H,20,25)/t14-/m0/s1. The lowest BCUT2D eigenvalue weighted by atomic mass is 10.1. The minimum atomic E-state index is -0.120. The Morgan fingerprint density at radius 1 is 1.22 bits per heavy atom. The molecule has 8 nitrogen and oxygen atoms in total. The summed E-state index contributed by atoms with van der Waals surface area (Å²) in [5.41, 5.74) is 2.43. The second-order valence-electron chi connectivity index (χ2n) is 7.12. The maximum absolute atomic E-state index is 12.9. The van der Waals surface area contributed by atoms with Gasteiger partial charge < -0.3 is 24.4 Å². The van der Waals surface area contributed by atoms with E-state index in [4.69, 9.17) is 9.72 Å². The van der Waals surface area contributed by atoms with E-state index >= 15 is 0 Å². The van der Waals surface area contributed by atoms with Crippen LogP contribution in [0, 0.1) is 5.92 Å². The largest absolute Gasteiger partial charge is 0.378 e. The Morgan fingerprint density at radius 2 is 2.00 bits per heavy atom. The first-order chi connectivity index (χ1) is 13.1. The molecule has 0 spiro atoms. The van der Waals surface area contributed by atoms with Gasteiger partial charge in [-0.2, -0.15) is 0 Å². The Hall–Kier alpha value is -2.61. The van der Waals surface area contributed by atoms with Crippen molar-refractivity contribution in [2.24, 2.45) is 13.0 Å². The van der Waals surface area contributed by atoms with Gasteiger partial charge in [0.2, 0.25) is 11.9 Å². The van der Waals surface area contributed by atoms with Gasteiger partial charge in [0.25, 0.3) is 5.91 Å². The number of carbonyl (C=O) groups excluding carboxylic acids is 2. The second-order valence-corrected chi connectivity index (χ2v) is 7.12. The molecule has 2 fully saturated rings. The summed E-state index contributed by atoms with van der Waals surface area (Å²) in [7, 11) is 3.63. The molecule has 0 aliphatic carbocycles. The van der Waals surface area contributed by atoms with Crippen molar-refractivity contribution in [2.75, 3.05) is 51.3 Å². The number of imidazole rings is 1. The SMILES string of the molecule is CNC(=O)[C@H]1CCN(C(=O)c2ccc3c(c2)nc(N2CCOCC2)n3C)C1. The maximum atomic E-state index is 12.9. The first-order valence-electron chi connectivity index (χ1n) is 9.38. The van der Waals surface area contributed by atoms with Gasteiger partial charge in [0.15, 0.2) is 0 Å². The number of hydrogen-bond acceptors (Lipinski definition) is 5. The van der Waals surface area contributed by atoms with Crippen LogP contribution in [0.4, 0.5) is 5.95 Å². The topological polar surface area (TPSA) is 79.7 Å². The van der Waals surface area contributed by atoms with Crippen LogP contribution in [0.2, 0.25) is 0 Å². The monoisotopic (exact) mass is 371 g/mol. The number of benzene rings is 1. The first kappa shape index (κ1) is 17.8. The summed E-state index contributed by atoms with van der Waals surface area (Å²) in [4.78, 5) is 33.4. The van der Waals surface area contributed by atoms with E-state index in [0.29, 0.717) is 38.3 Å². The van der Waals surface area contributed by atoms with Gasteiger partial charge in [-0.1, -0.05) is 0 Å². The van der Waals surface area contributed by atoms with E-state index in [2.05, 4.69) is 14.8 Å². The van der Waals surface area contributed by atoms with Crippen LogP contribution in [0.1, 0.15) is 16.8 Å². The molecule has 1 atom stereocenters. The Balaban J connectivity index is 1.56. The van der Waals surface area contributed by atoms with Crippen molar-refractivity contribution in [3.8, 4) is 0 Å². The fraction of sp³-hybridized carbons (Fsp3) is 0.526. The molecule has 4 rings (SSSR count). The Bertz CT molecular complexity index is 872. The lowest BCUT2D eigenvalue weighted by Crippen LogP contribution is -2.37. The highest BCUT2D eigenvalue weighted by Crippen LogP contribution is 2.25. The molecule has 2 saturated heterocycles. The van der Waals surface area contributed by atoms with Gasteiger partial charge in [0.05, 0.1) is 30.2 Å². The predicted molar refractivity (Wildman–Crippen MR) is 102 cm³/mol. The Labute approximate surface area is 158 Å². The maximum Gasteiger partial charge on any atom is 0.253 e. The molecule has 2 aromatic rings. The number of nitrogens with zero attached hydrogens (tertiary/aromatic N) is 4. The summed E-state index contributed by atoms with van der Waals surface area (Å²) < 4.78 is 7.48. The fourth-order valence-corrected chi connectivity index (χ4v) is 3.91. The van der Waals surface area contributed by atoms with Crippen LogP contribution in [0.25, 0.3) is 11.0 Å². The molecule has 1 aromatic carbocycles. The van der Waals surface area contributed by atoms with Gasteiger partial charge in [0.1, 0.15) is 0 Å². The first-order valence-corrected chi connectivity index (χ1v) is 9.38. The van der Waals surface area contributed by atoms with Gasteiger partial charge in [-0.25, -0.2) is 4.98 Å². The summed E-state index contributed by atoms with van der Waals surface area (Å²) >= 11 is 0. The number of anilines is 1. The number of fused-ring (bicyclic) bond motifs is 1. The lowest BCUT2D eigenvalue weighted by molar-refractivity contribution is -0.124. The van der Waals surface area contributed by atoms with Crippen molar-refractivity contribution in [1.82, 2.24) is 19.8 Å². The van der Waals surface area contributed by atoms with E-state index in [1.807, 2.05) is 25.2 Å². The van der Waals surface area contributed by atoms with Crippen molar-refractivity contribution in [2.45, 2.75) is 6.42 Å². The second kappa shape index (κ2) is 7.19. The van der Waals surface area contributed by atoms with E-state index in [1.165, 1.54) is 0 Å². The summed E-state index contributed by atoms with van der Waals surface area (Å²) in [6.07, 6.45) is 0.707. The van der Waals surface area contributed by atoms with E-state index in [-0.39, 0.29) is 17.7 Å². The fourth-order valence-electron chi connectivity index (χ4n) is 3.91. The average molecular weight is 371 g/mol. The normalized spacial score (nSPS) is 20.3. The summed E-state index contributed by atoms with van der Waals surface area (Å²) in [5.74, 6) is 0.742. The van der Waals surface area contributed by atoms with Gasteiger partial charge in [-0.3, -0.25) is 9.59 Å². The predicted octanol–water partition coefficient (Wildman–Crippen LogP) is 0.618. The summed E-state index contributed by atoms with van der Waals surface area (Å²) in [5, 5.41) is 2.67. The summed E-state index contributed by atoms with van der Waals surface area (Å²) in [6.45, 7) is 4.12. The minimum Gasteiger partial charge on any atom is -0.378 e. The van der Waals surface area contributed by atoms with Crippen LogP contribution in [-0.4, -0.2) is 72.7 Å². The molecule has 0 unspecified atom stereocenters. The molecule has 0 bridgehead atoms. The number of rotatable bonds is 3. The molecule has 8 heteroatoms. The number of ether oxygens (including phenoxy) is 1. The van der Waals surface area contributed by atoms with Gasteiger partial charge >= 0.3 is 0 Å². The molecule has 1 aromatic heterocycles. The number of nitrogens with one attached hydrogen (secondary N) is 1. The smallest absolute Gasteiger partial charge is 0.253 e. The zero-order valence-electron chi connectivity index (χ0n) is 15.8. The van der Waals surface area contributed by atoms with Crippen LogP contribution >= 0.6 is 0 Å². The highest BCUT2D eigenvalue weighted by molar-refractivity contribution is 5.98. The van der Waals surface area contributed by atoms with Crippen LogP contribution in [-0.2, 0) is 16.6 Å². The molecule has 2 aliphatic heterocycles. The van der Waals surface area contributed by atoms with Crippen LogP contribution in [0.3, 0.4) is 0 Å². The molecule has 3 heterocycles. The molecule has 144 valence electrons. The summed E-state index contributed by atoms with van der Waals surface area (Å²) in [6, 6.07) is 5.66. The zero-order valence-corrected chi connectivity index (χ0v) is 15.8. The van der Waals surface area contributed by atoms with Crippen molar-refractivity contribution in [3.63, 3.8) is 0 Å².